The number of hydrogen-bond acceptors (Lipinski definition) is 4. The SMILES string of the molecule is CN(C(=O)c1cc(C(F)(F)F)ccc1F)[C@H]1CN(C(=O)N2CCN(S(C)(=O)=O)CC2)C[C@H]1c1ccc(Cl)c(Cl)c1. The van der Waals surface area contributed by atoms with E-state index in [1.165, 1.54) is 21.2 Å². The normalized spacial score (nSPS) is 20.6. The van der Waals surface area contributed by atoms with Gasteiger partial charge in [0, 0.05) is 52.2 Å². The van der Waals surface area contributed by atoms with Crippen LogP contribution in [0.4, 0.5) is 22.4 Å². The van der Waals surface area contributed by atoms with Crippen molar-refractivity contribution >= 4 is 45.2 Å². The molecule has 3 amide bonds. The average Bonchev–Trinajstić information content (AvgIpc) is 3.33. The second-order valence-electron chi connectivity index (χ2n) is 9.79. The van der Waals surface area contributed by atoms with Gasteiger partial charge >= 0.3 is 12.2 Å². The van der Waals surface area contributed by atoms with Crippen LogP contribution in [0, 0.1) is 5.82 Å². The average molecular weight is 625 g/mol. The minimum Gasteiger partial charge on any atom is -0.336 e. The van der Waals surface area contributed by atoms with Gasteiger partial charge in [-0.1, -0.05) is 29.3 Å². The van der Waals surface area contributed by atoms with Crippen LogP contribution in [0.1, 0.15) is 27.4 Å². The number of nitrogens with zero attached hydrogens (tertiary/aromatic N) is 4. The minimum absolute atomic E-state index is 0.00113. The van der Waals surface area contributed by atoms with Crippen molar-refractivity contribution in [1.29, 1.82) is 0 Å². The first kappa shape index (κ1) is 30.4. The zero-order chi connectivity index (χ0) is 29.6. The highest BCUT2D eigenvalue weighted by Crippen LogP contribution is 2.36. The summed E-state index contributed by atoms with van der Waals surface area (Å²) in [4.78, 5) is 30.9. The molecular formula is C25H26Cl2F4N4O4S. The summed E-state index contributed by atoms with van der Waals surface area (Å²) in [6.07, 6.45) is -3.68. The Hall–Kier alpha value is -2.61. The zero-order valence-corrected chi connectivity index (χ0v) is 23.8. The van der Waals surface area contributed by atoms with E-state index in [2.05, 4.69) is 0 Å². The van der Waals surface area contributed by atoms with Crippen LogP contribution < -0.4 is 0 Å². The van der Waals surface area contributed by atoms with Gasteiger partial charge in [-0.3, -0.25) is 4.79 Å². The first-order chi connectivity index (χ1) is 18.6. The summed E-state index contributed by atoms with van der Waals surface area (Å²) in [6.45, 7) is 0.704. The molecule has 218 valence electrons. The minimum atomic E-state index is -4.78. The zero-order valence-electron chi connectivity index (χ0n) is 21.5. The highest BCUT2D eigenvalue weighted by Gasteiger charge is 2.43. The highest BCUT2D eigenvalue weighted by atomic mass is 35.5. The molecule has 0 unspecified atom stereocenters. The molecule has 0 N–H and O–H groups in total. The fourth-order valence-corrected chi connectivity index (χ4v) is 6.16. The summed E-state index contributed by atoms with van der Waals surface area (Å²) in [5, 5.41) is 0.518. The van der Waals surface area contributed by atoms with Gasteiger partial charge in [-0.25, -0.2) is 17.6 Å². The molecule has 4 rings (SSSR count). The van der Waals surface area contributed by atoms with Gasteiger partial charge in [0.2, 0.25) is 10.0 Å². The lowest BCUT2D eigenvalue weighted by Gasteiger charge is -2.35. The van der Waals surface area contributed by atoms with Gasteiger partial charge in [0.25, 0.3) is 5.91 Å². The molecule has 2 fully saturated rings. The van der Waals surface area contributed by atoms with Gasteiger partial charge < -0.3 is 14.7 Å². The highest BCUT2D eigenvalue weighted by molar-refractivity contribution is 7.88. The van der Waals surface area contributed by atoms with Gasteiger partial charge in [0.05, 0.1) is 33.5 Å². The lowest BCUT2D eigenvalue weighted by molar-refractivity contribution is -0.137. The molecule has 2 aromatic carbocycles. The quantitative estimate of drug-likeness (QED) is 0.473. The Morgan fingerprint density at radius 1 is 0.950 bits per heavy atom. The molecule has 2 aromatic rings. The van der Waals surface area contributed by atoms with Gasteiger partial charge in [-0.05, 0) is 35.9 Å². The number of sulfonamides is 1. The Kier molecular flexibility index (Phi) is 8.61. The maximum absolute atomic E-state index is 14.6. The molecule has 2 aliphatic rings. The number of amides is 3. The first-order valence-electron chi connectivity index (χ1n) is 12.2. The maximum atomic E-state index is 14.6. The summed E-state index contributed by atoms with van der Waals surface area (Å²) < 4.78 is 79.3. The second kappa shape index (κ2) is 11.3. The lowest BCUT2D eigenvalue weighted by atomic mass is 9.93. The summed E-state index contributed by atoms with van der Waals surface area (Å²) >= 11 is 12.3. The van der Waals surface area contributed by atoms with Gasteiger partial charge in [-0.2, -0.15) is 17.5 Å². The van der Waals surface area contributed by atoms with Gasteiger partial charge in [0.1, 0.15) is 5.82 Å². The Morgan fingerprint density at radius 2 is 1.60 bits per heavy atom. The number of carbonyl (C=O) groups excluding carboxylic acids is 2. The second-order valence-corrected chi connectivity index (χ2v) is 12.6. The van der Waals surface area contributed by atoms with Crippen molar-refractivity contribution in [2.75, 3.05) is 52.6 Å². The van der Waals surface area contributed by atoms with E-state index in [-0.39, 0.29) is 55.3 Å². The molecule has 0 aromatic heterocycles. The number of rotatable bonds is 4. The van der Waals surface area contributed by atoms with Crippen molar-refractivity contribution in [2.24, 2.45) is 0 Å². The molecule has 2 atom stereocenters. The molecule has 0 radical (unpaired) electrons. The molecule has 2 heterocycles. The van der Waals surface area contributed by atoms with Crippen LogP contribution in [0.3, 0.4) is 0 Å². The molecule has 0 spiro atoms. The first-order valence-corrected chi connectivity index (χ1v) is 14.8. The Morgan fingerprint density at radius 3 is 2.17 bits per heavy atom. The molecular weight excluding hydrogens is 599 g/mol. The van der Waals surface area contributed by atoms with Crippen molar-refractivity contribution in [3.05, 3.63) is 69.0 Å². The number of likely N-dealkylation sites (tertiary alicyclic amines) is 1. The summed E-state index contributed by atoms with van der Waals surface area (Å²) in [6, 6.07) is 5.32. The third-order valence-electron chi connectivity index (χ3n) is 7.25. The van der Waals surface area contributed by atoms with Crippen LogP contribution in [-0.4, -0.2) is 98.0 Å². The number of likely N-dealkylation sites (N-methyl/N-ethyl adjacent to an activating group) is 1. The third kappa shape index (κ3) is 6.32. The van der Waals surface area contributed by atoms with Gasteiger partial charge in [0.15, 0.2) is 0 Å². The molecule has 0 aliphatic carbocycles. The Balaban J connectivity index is 1.62. The fourth-order valence-electron chi connectivity index (χ4n) is 5.02. The van der Waals surface area contributed by atoms with E-state index in [9.17, 15) is 35.6 Å². The van der Waals surface area contributed by atoms with Crippen LogP contribution in [0.2, 0.25) is 10.0 Å². The molecule has 40 heavy (non-hydrogen) atoms. The number of urea groups is 1. The lowest BCUT2D eigenvalue weighted by Crippen LogP contribution is -2.53. The van der Waals surface area contributed by atoms with E-state index in [4.69, 9.17) is 23.2 Å². The van der Waals surface area contributed by atoms with Crippen LogP contribution in [0.5, 0.6) is 0 Å². The molecule has 2 saturated heterocycles. The van der Waals surface area contributed by atoms with Crippen LogP contribution >= 0.6 is 23.2 Å². The Bertz CT molecular complexity index is 1420. The summed E-state index contributed by atoms with van der Waals surface area (Å²) in [7, 11) is -2.06. The third-order valence-corrected chi connectivity index (χ3v) is 9.29. The Labute approximate surface area is 239 Å². The number of piperazine rings is 1. The smallest absolute Gasteiger partial charge is 0.336 e. The number of benzene rings is 2. The number of halogens is 6. The van der Waals surface area contributed by atoms with Crippen molar-refractivity contribution in [2.45, 2.75) is 18.1 Å². The summed E-state index contributed by atoms with van der Waals surface area (Å²) in [5.41, 5.74) is -1.28. The van der Waals surface area contributed by atoms with Crippen LogP contribution in [0.15, 0.2) is 36.4 Å². The number of carbonyl (C=O) groups is 2. The topological polar surface area (TPSA) is 81.2 Å². The van der Waals surface area contributed by atoms with Crippen LogP contribution in [-0.2, 0) is 16.2 Å². The van der Waals surface area contributed by atoms with E-state index >= 15 is 0 Å². The predicted molar refractivity (Wildman–Crippen MR) is 141 cm³/mol. The van der Waals surface area contributed by atoms with Gasteiger partial charge in [-0.15, -0.1) is 0 Å². The predicted octanol–water partition coefficient (Wildman–Crippen LogP) is 4.39. The molecule has 8 nitrogen and oxygen atoms in total. The number of hydrogen-bond donors (Lipinski definition) is 0. The molecule has 0 saturated carbocycles. The van der Waals surface area contributed by atoms with E-state index < -0.39 is 51.0 Å². The van der Waals surface area contributed by atoms with E-state index in [1.807, 2.05) is 0 Å². The van der Waals surface area contributed by atoms with E-state index in [1.54, 1.807) is 18.2 Å². The van der Waals surface area contributed by atoms with E-state index in [0.29, 0.717) is 23.8 Å². The largest absolute Gasteiger partial charge is 0.416 e. The van der Waals surface area contributed by atoms with Crippen molar-refractivity contribution < 1.29 is 35.6 Å². The van der Waals surface area contributed by atoms with Crippen molar-refractivity contribution in [3.8, 4) is 0 Å². The van der Waals surface area contributed by atoms with E-state index in [0.717, 1.165) is 11.2 Å². The van der Waals surface area contributed by atoms with Crippen LogP contribution in [0.25, 0.3) is 0 Å². The van der Waals surface area contributed by atoms with Crippen molar-refractivity contribution in [1.82, 2.24) is 19.0 Å². The summed E-state index contributed by atoms with van der Waals surface area (Å²) in [5.74, 6) is -2.61. The number of alkyl halides is 3. The fraction of sp³-hybridized carbons (Fsp3) is 0.440. The standard InChI is InChI=1S/C25H26Cl2F4N4O4S/c1-32(23(36)17-12-16(25(29,30)31)4-6-21(17)28)22-14-34(13-18(22)15-3-5-19(26)20(27)11-15)24(37)33-7-9-35(10-8-33)40(2,38)39/h3-6,11-12,18,22H,7-10,13-14H2,1-2H3/t18-,22-/m0/s1. The molecule has 0 bridgehead atoms. The molecule has 2 aliphatic heterocycles. The molecule has 15 heteroatoms. The maximum Gasteiger partial charge on any atom is 0.416 e. The monoisotopic (exact) mass is 624 g/mol. The van der Waals surface area contributed by atoms with Crippen molar-refractivity contribution in [3.63, 3.8) is 0 Å².